The molecule has 1 heterocycles. The van der Waals surface area contributed by atoms with Crippen LogP contribution in [0.1, 0.15) is 23.2 Å². The Hall–Kier alpha value is -2.96. The molecule has 0 radical (unpaired) electrons. The number of ether oxygens (including phenoxy) is 1. The van der Waals surface area contributed by atoms with Crippen LogP contribution in [0, 0.1) is 24.0 Å². The average molecular weight is 434 g/mol. The van der Waals surface area contributed by atoms with Crippen LogP contribution < -0.4 is 9.46 Å². The van der Waals surface area contributed by atoms with Gasteiger partial charge in [0.25, 0.3) is 5.91 Å². The standard InChI is InChI=1S/C21H20F2N2O4S/c1-2-11-24-30(27,28)18-6-3-15(4-7-18)21(26)25-12-9-17(10-13-25)29-20-8-5-16(22)14-19(20)23/h1,3-8,14,17,24H,9-13H2. The van der Waals surface area contributed by atoms with Gasteiger partial charge in [0.05, 0.1) is 11.4 Å². The number of halogens is 2. The summed E-state index contributed by atoms with van der Waals surface area (Å²) < 4.78 is 58.6. The lowest BCUT2D eigenvalue weighted by atomic mass is 10.1. The molecule has 3 rings (SSSR count). The minimum absolute atomic E-state index is 0.0164. The number of nitrogens with zero attached hydrogens (tertiary/aromatic N) is 1. The summed E-state index contributed by atoms with van der Waals surface area (Å²) in [6.45, 7) is 0.675. The summed E-state index contributed by atoms with van der Waals surface area (Å²) in [5, 5.41) is 0. The Labute approximate surface area is 173 Å². The van der Waals surface area contributed by atoms with Crippen LogP contribution in [0.5, 0.6) is 5.75 Å². The van der Waals surface area contributed by atoms with Gasteiger partial charge < -0.3 is 9.64 Å². The van der Waals surface area contributed by atoms with E-state index in [2.05, 4.69) is 10.6 Å². The van der Waals surface area contributed by atoms with Crippen molar-refractivity contribution in [3.63, 3.8) is 0 Å². The number of hydrogen-bond acceptors (Lipinski definition) is 4. The molecule has 6 nitrogen and oxygen atoms in total. The maximum atomic E-state index is 13.7. The van der Waals surface area contributed by atoms with Gasteiger partial charge >= 0.3 is 0 Å². The first kappa shape index (κ1) is 21.7. The molecule has 0 spiro atoms. The quantitative estimate of drug-likeness (QED) is 0.709. The van der Waals surface area contributed by atoms with E-state index in [9.17, 15) is 22.0 Å². The van der Waals surface area contributed by atoms with Gasteiger partial charge in [-0.3, -0.25) is 4.79 Å². The van der Waals surface area contributed by atoms with E-state index in [0.717, 1.165) is 12.1 Å². The van der Waals surface area contributed by atoms with Crippen LogP contribution in [0.3, 0.4) is 0 Å². The molecule has 0 unspecified atom stereocenters. The Morgan fingerprint density at radius 3 is 2.43 bits per heavy atom. The van der Waals surface area contributed by atoms with Crippen LogP contribution in [0.4, 0.5) is 8.78 Å². The number of rotatable bonds is 6. The van der Waals surface area contributed by atoms with E-state index >= 15 is 0 Å². The molecule has 0 saturated carbocycles. The second kappa shape index (κ2) is 9.24. The number of amides is 1. The van der Waals surface area contributed by atoms with Gasteiger partial charge in [-0.2, -0.15) is 4.72 Å². The predicted octanol–water partition coefficient (Wildman–Crippen LogP) is 2.56. The van der Waals surface area contributed by atoms with Crippen molar-refractivity contribution in [2.45, 2.75) is 23.8 Å². The van der Waals surface area contributed by atoms with Gasteiger partial charge in [0, 0.05) is 37.6 Å². The minimum Gasteiger partial charge on any atom is -0.487 e. The molecular formula is C21H20F2N2O4S. The highest BCUT2D eigenvalue weighted by Crippen LogP contribution is 2.23. The number of piperidine rings is 1. The molecule has 2 aromatic carbocycles. The van der Waals surface area contributed by atoms with E-state index in [1.807, 2.05) is 0 Å². The summed E-state index contributed by atoms with van der Waals surface area (Å²) in [5.41, 5.74) is 0.356. The van der Waals surface area contributed by atoms with Crippen LogP contribution in [-0.2, 0) is 10.0 Å². The van der Waals surface area contributed by atoms with Gasteiger partial charge in [-0.15, -0.1) is 6.42 Å². The number of likely N-dealkylation sites (tertiary alicyclic amines) is 1. The molecular weight excluding hydrogens is 414 g/mol. The number of sulfonamides is 1. The highest BCUT2D eigenvalue weighted by Gasteiger charge is 2.26. The fourth-order valence-electron chi connectivity index (χ4n) is 3.11. The fraction of sp³-hybridized carbons (Fsp3) is 0.286. The summed E-state index contributed by atoms with van der Waals surface area (Å²) in [4.78, 5) is 14.3. The minimum atomic E-state index is -3.72. The highest BCUT2D eigenvalue weighted by atomic mass is 32.2. The Morgan fingerprint density at radius 2 is 1.83 bits per heavy atom. The van der Waals surface area contributed by atoms with Crippen molar-refractivity contribution in [2.24, 2.45) is 0 Å². The molecule has 1 N–H and O–H groups in total. The Balaban J connectivity index is 1.58. The van der Waals surface area contributed by atoms with Crippen molar-refractivity contribution >= 4 is 15.9 Å². The molecule has 1 aliphatic heterocycles. The molecule has 0 atom stereocenters. The van der Waals surface area contributed by atoms with Crippen molar-refractivity contribution < 1.29 is 26.7 Å². The van der Waals surface area contributed by atoms with Crippen molar-refractivity contribution in [3.8, 4) is 18.1 Å². The van der Waals surface area contributed by atoms with E-state index in [-0.39, 0.29) is 29.2 Å². The number of carbonyl (C=O) groups is 1. The third-order valence-corrected chi connectivity index (χ3v) is 6.11. The Morgan fingerprint density at radius 1 is 1.17 bits per heavy atom. The number of benzene rings is 2. The molecule has 30 heavy (non-hydrogen) atoms. The van der Waals surface area contributed by atoms with E-state index in [4.69, 9.17) is 11.2 Å². The SMILES string of the molecule is C#CCNS(=O)(=O)c1ccc(C(=O)N2CCC(Oc3ccc(F)cc3F)CC2)cc1. The van der Waals surface area contributed by atoms with Gasteiger partial charge in [-0.1, -0.05) is 5.92 Å². The number of carbonyl (C=O) groups excluding carboxylic acids is 1. The van der Waals surface area contributed by atoms with Crippen molar-refractivity contribution in [3.05, 3.63) is 59.7 Å². The van der Waals surface area contributed by atoms with Crippen LogP contribution in [0.25, 0.3) is 0 Å². The summed E-state index contributed by atoms with van der Waals surface area (Å²) >= 11 is 0. The molecule has 0 aliphatic carbocycles. The summed E-state index contributed by atoms with van der Waals surface area (Å²) in [7, 11) is -3.72. The molecule has 2 aromatic rings. The molecule has 9 heteroatoms. The zero-order valence-electron chi connectivity index (χ0n) is 16.0. The Bertz CT molecular complexity index is 1060. The van der Waals surface area contributed by atoms with E-state index < -0.39 is 21.7 Å². The maximum Gasteiger partial charge on any atom is 0.253 e. The Kier molecular flexibility index (Phi) is 6.70. The molecule has 0 bridgehead atoms. The van der Waals surface area contributed by atoms with Gasteiger partial charge in [0.1, 0.15) is 11.9 Å². The molecule has 1 saturated heterocycles. The third-order valence-electron chi connectivity index (χ3n) is 4.69. The number of nitrogens with one attached hydrogen (secondary N) is 1. The summed E-state index contributed by atoms with van der Waals surface area (Å²) in [6.07, 6.45) is 5.75. The molecule has 1 amide bonds. The predicted molar refractivity (Wildman–Crippen MR) is 106 cm³/mol. The van der Waals surface area contributed by atoms with Crippen LogP contribution in [-0.4, -0.2) is 45.0 Å². The zero-order valence-corrected chi connectivity index (χ0v) is 16.8. The smallest absolute Gasteiger partial charge is 0.253 e. The van der Waals surface area contributed by atoms with Crippen LogP contribution >= 0.6 is 0 Å². The van der Waals surface area contributed by atoms with Crippen LogP contribution in [0.2, 0.25) is 0 Å². The number of terminal acetylenes is 1. The fourth-order valence-corrected chi connectivity index (χ4v) is 4.04. The van der Waals surface area contributed by atoms with E-state index in [1.165, 1.54) is 30.3 Å². The average Bonchev–Trinajstić information content (AvgIpc) is 2.74. The van der Waals surface area contributed by atoms with Crippen molar-refractivity contribution in [2.75, 3.05) is 19.6 Å². The van der Waals surface area contributed by atoms with Crippen molar-refractivity contribution in [1.82, 2.24) is 9.62 Å². The van der Waals surface area contributed by atoms with Gasteiger partial charge in [-0.25, -0.2) is 17.2 Å². The van der Waals surface area contributed by atoms with Gasteiger partial charge in [0.15, 0.2) is 11.6 Å². The van der Waals surface area contributed by atoms with Gasteiger partial charge in [0.2, 0.25) is 10.0 Å². The van der Waals surface area contributed by atoms with E-state index in [1.54, 1.807) is 4.90 Å². The lowest BCUT2D eigenvalue weighted by Crippen LogP contribution is -2.41. The second-order valence-corrected chi connectivity index (χ2v) is 8.50. The highest BCUT2D eigenvalue weighted by molar-refractivity contribution is 7.89. The summed E-state index contributed by atoms with van der Waals surface area (Å²) in [6, 6.07) is 8.73. The molecule has 1 fully saturated rings. The van der Waals surface area contributed by atoms with Gasteiger partial charge in [-0.05, 0) is 36.4 Å². The molecule has 158 valence electrons. The summed E-state index contributed by atoms with van der Waals surface area (Å²) in [5.74, 6) is 0.501. The topological polar surface area (TPSA) is 75.7 Å². The first-order valence-corrected chi connectivity index (χ1v) is 10.7. The number of hydrogen-bond donors (Lipinski definition) is 1. The second-order valence-electron chi connectivity index (χ2n) is 6.74. The van der Waals surface area contributed by atoms with Crippen LogP contribution in [0.15, 0.2) is 47.4 Å². The normalized spacial score (nSPS) is 14.9. The maximum absolute atomic E-state index is 13.7. The third kappa shape index (κ3) is 5.14. The van der Waals surface area contributed by atoms with Crippen molar-refractivity contribution in [1.29, 1.82) is 0 Å². The largest absolute Gasteiger partial charge is 0.487 e. The monoisotopic (exact) mass is 434 g/mol. The van der Waals surface area contributed by atoms with E-state index in [0.29, 0.717) is 31.5 Å². The zero-order chi connectivity index (χ0) is 21.7. The first-order valence-electron chi connectivity index (χ1n) is 9.24. The molecule has 0 aromatic heterocycles. The lowest BCUT2D eigenvalue weighted by Gasteiger charge is -2.32. The first-order chi connectivity index (χ1) is 14.3. The molecule has 1 aliphatic rings. The lowest BCUT2D eigenvalue weighted by molar-refractivity contribution is 0.0588.